The third kappa shape index (κ3) is 3.32. The fourth-order valence-corrected chi connectivity index (χ4v) is 1.37. The van der Waals surface area contributed by atoms with Crippen molar-refractivity contribution < 1.29 is 31.8 Å². The number of aromatic hydroxyl groups is 1. The molecule has 9 heteroatoms. The van der Waals surface area contributed by atoms with Gasteiger partial charge in [-0.3, -0.25) is 0 Å². The minimum atomic E-state index is -5.02. The molecule has 0 saturated heterocycles. The summed E-state index contributed by atoms with van der Waals surface area (Å²) >= 11 is 1.39. The lowest BCUT2D eigenvalue weighted by atomic mass is 10.3. The van der Waals surface area contributed by atoms with Crippen LogP contribution in [0.5, 0.6) is 11.6 Å². The summed E-state index contributed by atoms with van der Waals surface area (Å²) in [5.74, 6) is -1.89. The molecule has 3 nitrogen and oxygen atoms in total. The van der Waals surface area contributed by atoms with Crippen LogP contribution in [-0.2, 0) is 0 Å². The van der Waals surface area contributed by atoms with E-state index in [4.69, 9.17) is 5.11 Å². The van der Waals surface area contributed by atoms with Gasteiger partial charge in [0.25, 0.3) is 6.43 Å². The van der Waals surface area contributed by atoms with Crippen molar-refractivity contribution in [2.24, 2.45) is 0 Å². The average Bonchev–Trinajstić information content (AvgIpc) is 2.07. The fourth-order valence-electron chi connectivity index (χ4n) is 0.826. The first-order valence-electron chi connectivity index (χ1n) is 3.64. The van der Waals surface area contributed by atoms with Crippen molar-refractivity contribution in [3.05, 3.63) is 15.3 Å². The Labute approximate surface area is 99.4 Å². The van der Waals surface area contributed by atoms with Gasteiger partial charge in [-0.05, 0) is 22.6 Å². The van der Waals surface area contributed by atoms with Gasteiger partial charge in [0.05, 0.1) is 3.57 Å². The van der Waals surface area contributed by atoms with E-state index in [1.165, 1.54) is 22.6 Å². The monoisotopic (exact) mass is 355 g/mol. The highest BCUT2D eigenvalue weighted by molar-refractivity contribution is 14.1. The molecule has 1 N–H and O–H groups in total. The van der Waals surface area contributed by atoms with Crippen LogP contribution in [0.3, 0.4) is 0 Å². The van der Waals surface area contributed by atoms with E-state index in [9.17, 15) is 22.0 Å². The van der Waals surface area contributed by atoms with Gasteiger partial charge in [0.2, 0.25) is 5.88 Å². The van der Waals surface area contributed by atoms with Gasteiger partial charge in [-0.1, -0.05) is 0 Å². The quantitative estimate of drug-likeness (QED) is 0.655. The van der Waals surface area contributed by atoms with Crippen LogP contribution >= 0.6 is 22.6 Å². The van der Waals surface area contributed by atoms with Gasteiger partial charge >= 0.3 is 6.36 Å². The Bertz CT molecular complexity index is 395. The van der Waals surface area contributed by atoms with Crippen LogP contribution in [0.25, 0.3) is 0 Å². The SMILES string of the molecule is Oc1c(I)cc(OC(F)(F)F)nc1C(F)F. The highest BCUT2D eigenvalue weighted by atomic mass is 127. The molecule has 0 fully saturated rings. The summed E-state index contributed by atoms with van der Waals surface area (Å²) in [7, 11) is 0. The summed E-state index contributed by atoms with van der Waals surface area (Å²) in [6.45, 7) is 0. The number of hydrogen-bond acceptors (Lipinski definition) is 3. The predicted molar refractivity (Wildman–Crippen MR) is 50.3 cm³/mol. The summed E-state index contributed by atoms with van der Waals surface area (Å²) in [6, 6.07) is 0.704. The molecule has 0 atom stereocenters. The summed E-state index contributed by atoms with van der Waals surface area (Å²) in [6.07, 6.45) is -8.21. The lowest BCUT2D eigenvalue weighted by molar-refractivity contribution is -0.276. The van der Waals surface area contributed by atoms with Crippen molar-refractivity contribution in [2.75, 3.05) is 0 Å². The largest absolute Gasteiger partial charge is 0.574 e. The molecule has 0 saturated carbocycles. The standard InChI is InChI=1S/C7H3F5INO2/c8-6(9)4-5(15)2(13)1-3(14-4)16-7(10,11)12/h1,6,15H. The average molecular weight is 355 g/mol. The molecule has 0 aromatic carbocycles. The zero-order valence-electron chi connectivity index (χ0n) is 7.23. The molecule has 0 aliphatic carbocycles. The highest BCUT2D eigenvalue weighted by Crippen LogP contribution is 2.34. The Morgan fingerprint density at radius 3 is 2.38 bits per heavy atom. The van der Waals surface area contributed by atoms with E-state index < -0.39 is 30.1 Å². The first-order chi connectivity index (χ1) is 7.20. The van der Waals surface area contributed by atoms with E-state index in [-0.39, 0.29) is 3.57 Å². The van der Waals surface area contributed by atoms with Crippen LogP contribution in [0, 0.1) is 3.57 Å². The van der Waals surface area contributed by atoms with E-state index in [0.29, 0.717) is 6.07 Å². The van der Waals surface area contributed by atoms with Crippen molar-refractivity contribution in [2.45, 2.75) is 12.8 Å². The maximum absolute atomic E-state index is 12.3. The van der Waals surface area contributed by atoms with Crippen molar-refractivity contribution in [1.29, 1.82) is 0 Å². The molecule has 1 aromatic rings. The molecule has 0 amide bonds. The second-order valence-electron chi connectivity index (χ2n) is 2.52. The topological polar surface area (TPSA) is 42.4 Å². The Kier molecular flexibility index (Phi) is 3.76. The van der Waals surface area contributed by atoms with Crippen LogP contribution in [0.4, 0.5) is 22.0 Å². The molecule has 0 radical (unpaired) electrons. The number of hydrogen-bond donors (Lipinski definition) is 1. The molecule has 1 rings (SSSR count). The van der Waals surface area contributed by atoms with E-state index in [1.807, 2.05) is 0 Å². The number of alkyl halides is 5. The normalized spacial score (nSPS) is 11.9. The second kappa shape index (κ2) is 4.55. The van der Waals surface area contributed by atoms with Gasteiger partial charge < -0.3 is 9.84 Å². The number of ether oxygens (including phenoxy) is 1. The Morgan fingerprint density at radius 1 is 1.38 bits per heavy atom. The Hall–Kier alpha value is -0.870. The molecule has 1 aromatic heterocycles. The van der Waals surface area contributed by atoms with Crippen LogP contribution in [0.15, 0.2) is 6.07 Å². The molecule has 0 aliphatic rings. The molecular weight excluding hydrogens is 352 g/mol. The van der Waals surface area contributed by atoms with Crippen LogP contribution < -0.4 is 4.74 Å². The number of halogens is 6. The van der Waals surface area contributed by atoms with Crippen LogP contribution in [0.1, 0.15) is 12.1 Å². The van der Waals surface area contributed by atoms with Gasteiger partial charge in [0, 0.05) is 6.07 Å². The summed E-state index contributed by atoms with van der Waals surface area (Å²) < 4.78 is 63.1. The molecule has 1 heterocycles. The van der Waals surface area contributed by atoms with E-state index in [0.717, 1.165) is 0 Å². The van der Waals surface area contributed by atoms with Crippen molar-refractivity contribution in [3.63, 3.8) is 0 Å². The second-order valence-corrected chi connectivity index (χ2v) is 3.69. The van der Waals surface area contributed by atoms with Gasteiger partial charge in [0.15, 0.2) is 11.4 Å². The molecule has 0 aliphatic heterocycles. The Balaban J connectivity index is 3.14. The predicted octanol–water partition coefficient (Wildman–Crippen LogP) is 3.23. The smallest absolute Gasteiger partial charge is 0.505 e. The molecule has 0 unspecified atom stereocenters. The maximum Gasteiger partial charge on any atom is 0.574 e. The fraction of sp³-hybridized carbons (Fsp3) is 0.286. The van der Waals surface area contributed by atoms with Crippen molar-refractivity contribution >= 4 is 22.6 Å². The third-order valence-corrected chi connectivity index (χ3v) is 2.20. The van der Waals surface area contributed by atoms with Gasteiger partial charge in [-0.15, -0.1) is 13.2 Å². The Morgan fingerprint density at radius 2 is 1.94 bits per heavy atom. The zero-order valence-corrected chi connectivity index (χ0v) is 9.38. The van der Waals surface area contributed by atoms with Gasteiger partial charge in [-0.2, -0.15) is 0 Å². The molecule has 0 bridgehead atoms. The van der Waals surface area contributed by atoms with Crippen LogP contribution in [0.2, 0.25) is 0 Å². The maximum atomic E-state index is 12.3. The van der Waals surface area contributed by atoms with Gasteiger partial charge in [0.1, 0.15) is 0 Å². The van der Waals surface area contributed by atoms with Crippen molar-refractivity contribution in [3.8, 4) is 11.6 Å². The summed E-state index contributed by atoms with van der Waals surface area (Å²) in [5.41, 5.74) is -1.15. The first-order valence-corrected chi connectivity index (χ1v) is 4.72. The number of rotatable bonds is 2. The number of nitrogens with zero attached hydrogens (tertiary/aromatic N) is 1. The summed E-state index contributed by atoms with van der Waals surface area (Å²) in [5, 5.41) is 9.10. The number of aromatic nitrogens is 1. The first kappa shape index (κ1) is 13.2. The van der Waals surface area contributed by atoms with Gasteiger partial charge in [-0.25, -0.2) is 13.8 Å². The zero-order chi connectivity index (χ0) is 12.5. The molecule has 90 valence electrons. The third-order valence-electron chi connectivity index (χ3n) is 1.38. The summed E-state index contributed by atoms with van der Waals surface area (Å²) in [4.78, 5) is 2.87. The molecule has 0 spiro atoms. The highest BCUT2D eigenvalue weighted by Gasteiger charge is 2.33. The van der Waals surface area contributed by atoms with E-state index in [2.05, 4.69) is 9.72 Å². The van der Waals surface area contributed by atoms with Crippen molar-refractivity contribution in [1.82, 2.24) is 4.98 Å². The molecular formula is C7H3F5INO2. The minimum absolute atomic E-state index is 0.206. The lowest BCUT2D eigenvalue weighted by Gasteiger charge is -2.11. The number of pyridine rings is 1. The van der Waals surface area contributed by atoms with E-state index >= 15 is 0 Å². The van der Waals surface area contributed by atoms with E-state index in [1.54, 1.807) is 0 Å². The van der Waals surface area contributed by atoms with Crippen LogP contribution in [-0.4, -0.2) is 16.5 Å². The minimum Gasteiger partial charge on any atom is -0.505 e. The lowest BCUT2D eigenvalue weighted by Crippen LogP contribution is -2.18. The molecule has 16 heavy (non-hydrogen) atoms.